The maximum Gasteiger partial charge on any atom is 0.225 e. The molecule has 0 atom stereocenters. The van der Waals surface area contributed by atoms with E-state index in [4.69, 9.17) is 4.74 Å². The van der Waals surface area contributed by atoms with Crippen molar-refractivity contribution in [1.29, 1.82) is 0 Å². The van der Waals surface area contributed by atoms with E-state index in [0.29, 0.717) is 6.54 Å². The smallest absolute Gasteiger partial charge is 0.225 e. The zero-order valence-electron chi connectivity index (χ0n) is 13.1. The fourth-order valence-electron chi connectivity index (χ4n) is 3.27. The van der Waals surface area contributed by atoms with Crippen molar-refractivity contribution in [3.05, 3.63) is 29.0 Å². The van der Waals surface area contributed by atoms with Crippen molar-refractivity contribution in [2.45, 2.75) is 33.7 Å². The lowest BCUT2D eigenvalue weighted by Gasteiger charge is -2.24. The average molecular weight is 286 g/mol. The lowest BCUT2D eigenvalue weighted by Crippen LogP contribution is -2.34. The van der Waals surface area contributed by atoms with E-state index >= 15 is 0 Å². The predicted molar refractivity (Wildman–Crippen MR) is 83.5 cm³/mol. The Hall–Kier alpha value is -1.97. The summed E-state index contributed by atoms with van der Waals surface area (Å²) in [6.45, 7) is 7.41. The molecule has 112 valence electrons. The minimum absolute atomic E-state index is 0.0234. The molecule has 1 aliphatic heterocycles. The lowest BCUT2D eigenvalue weighted by molar-refractivity contribution is -0.135. The number of H-pyrrole nitrogens is 1. The van der Waals surface area contributed by atoms with Crippen molar-refractivity contribution in [2.24, 2.45) is 5.92 Å². The molecule has 1 N–H and O–H groups in total. The van der Waals surface area contributed by atoms with Crippen molar-refractivity contribution in [3.8, 4) is 5.75 Å². The molecule has 1 aliphatic rings. The van der Waals surface area contributed by atoms with E-state index in [1.165, 1.54) is 16.6 Å². The molecule has 1 aromatic heterocycles. The van der Waals surface area contributed by atoms with E-state index < -0.39 is 0 Å². The van der Waals surface area contributed by atoms with Gasteiger partial charge in [-0.2, -0.15) is 0 Å². The minimum atomic E-state index is 0.0234. The van der Waals surface area contributed by atoms with Crippen LogP contribution in [-0.4, -0.2) is 29.4 Å². The zero-order chi connectivity index (χ0) is 15.1. The zero-order valence-corrected chi connectivity index (χ0v) is 13.1. The Morgan fingerprint density at radius 3 is 2.76 bits per heavy atom. The third-order valence-electron chi connectivity index (χ3n) is 4.35. The molecule has 1 aromatic carbocycles. The standard InChI is InChI=1S/C17H22N2O2/c1-10(2)17(20)19-8-7-12-11(3)18-14-5-6-15(21-4)13(9-19)16(12)14/h5-6,10,18H,7-9H2,1-4H3. The van der Waals surface area contributed by atoms with Gasteiger partial charge in [-0.3, -0.25) is 4.79 Å². The number of amides is 1. The Morgan fingerprint density at radius 2 is 2.10 bits per heavy atom. The highest BCUT2D eigenvalue weighted by molar-refractivity contribution is 5.91. The molecular weight excluding hydrogens is 264 g/mol. The second-order valence-corrected chi connectivity index (χ2v) is 6.06. The minimum Gasteiger partial charge on any atom is -0.496 e. The maximum absolute atomic E-state index is 12.4. The van der Waals surface area contributed by atoms with Crippen LogP contribution in [0.1, 0.15) is 30.7 Å². The first-order valence-corrected chi connectivity index (χ1v) is 7.48. The Morgan fingerprint density at radius 1 is 1.33 bits per heavy atom. The van der Waals surface area contributed by atoms with Crippen molar-refractivity contribution in [3.63, 3.8) is 0 Å². The van der Waals surface area contributed by atoms with Crippen LogP contribution in [0.15, 0.2) is 12.1 Å². The highest BCUT2D eigenvalue weighted by atomic mass is 16.5. The summed E-state index contributed by atoms with van der Waals surface area (Å²) >= 11 is 0. The fourth-order valence-corrected chi connectivity index (χ4v) is 3.27. The van der Waals surface area contributed by atoms with Crippen molar-refractivity contribution < 1.29 is 9.53 Å². The van der Waals surface area contributed by atoms with Crippen LogP contribution in [-0.2, 0) is 17.8 Å². The van der Waals surface area contributed by atoms with Crippen molar-refractivity contribution >= 4 is 16.8 Å². The largest absolute Gasteiger partial charge is 0.496 e. The van der Waals surface area contributed by atoms with E-state index in [1.807, 2.05) is 24.8 Å². The van der Waals surface area contributed by atoms with Gasteiger partial charge >= 0.3 is 0 Å². The Kier molecular flexibility index (Phi) is 3.40. The Bertz CT molecular complexity index is 700. The van der Waals surface area contributed by atoms with Crippen LogP contribution in [0, 0.1) is 12.8 Å². The van der Waals surface area contributed by atoms with Crippen LogP contribution in [0.2, 0.25) is 0 Å². The van der Waals surface area contributed by atoms with Crippen molar-refractivity contribution in [1.82, 2.24) is 9.88 Å². The number of aromatic nitrogens is 1. The molecule has 0 spiro atoms. The van der Waals surface area contributed by atoms with Crippen LogP contribution in [0.25, 0.3) is 10.9 Å². The van der Waals surface area contributed by atoms with Crippen LogP contribution in [0.3, 0.4) is 0 Å². The first-order valence-electron chi connectivity index (χ1n) is 7.48. The molecule has 1 amide bonds. The summed E-state index contributed by atoms with van der Waals surface area (Å²) in [6, 6.07) is 4.05. The number of aromatic amines is 1. The molecule has 4 nitrogen and oxygen atoms in total. The second kappa shape index (κ2) is 5.10. The highest BCUT2D eigenvalue weighted by Crippen LogP contribution is 2.35. The molecule has 0 aliphatic carbocycles. The van der Waals surface area contributed by atoms with Gasteiger partial charge in [-0.25, -0.2) is 0 Å². The van der Waals surface area contributed by atoms with E-state index in [1.54, 1.807) is 7.11 Å². The summed E-state index contributed by atoms with van der Waals surface area (Å²) in [5, 5.41) is 1.24. The maximum atomic E-state index is 12.4. The van der Waals surface area contributed by atoms with Gasteiger partial charge in [-0.05, 0) is 31.0 Å². The first-order chi connectivity index (χ1) is 10.0. The number of aryl methyl sites for hydroxylation is 1. The number of carbonyl (C=O) groups is 1. The number of hydrogen-bond acceptors (Lipinski definition) is 2. The van der Waals surface area contributed by atoms with Gasteiger partial charge in [-0.1, -0.05) is 13.8 Å². The molecule has 2 heterocycles. The molecular formula is C17H22N2O2. The van der Waals surface area contributed by atoms with Gasteiger partial charge in [0.05, 0.1) is 7.11 Å². The van der Waals surface area contributed by atoms with E-state index in [2.05, 4.69) is 18.0 Å². The fraction of sp³-hybridized carbons (Fsp3) is 0.471. The highest BCUT2D eigenvalue weighted by Gasteiger charge is 2.26. The summed E-state index contributed by atoms with van der Waals surface area (Å²) in [5.41, 5.74) is 4.77. The number of rotatable bonds is 2. The van der Waals surface area contributed by atoms with Crippen LogP contribution in [0.5, 0.6) is 5.75 Å². The predicted octanol–water partition coefficient (Wildman–Crippen LogP) is 3.03. The van der Waals surface area contributed by atoms with Gasteiger partial charge in [0.25, 0.3) is 0 Å². The quantitative estimate of drug-likeness (QED) is 0.922. The van der Waals surface area contributed by atoms with Crippen LogP contribution < -0.4 is 4.74 Å². The Balaban J connectivity index is 2.15. The summed E-state index contributed by atoms with van der Waals surface area (Å²) in [5.74, 6) is 1.10. The lowest BCUT2D eigenvalue weighted by atomic mass is 10.0. The molecule has 0 bridgehead atoms. The number of hydrogen-bond donors (Lipinski definition) is 1. The van der Waals surface area contributed by atoms with Gasteiger partial charge < -0.3 is 14.6 Å². The number of ether oxygens (including phenoxy) is 1. The second-order valence-electron chi connectivity index (χ2n) is 6.06. The Labute approximate surface area is 125 Å². The molecule has 4 heteroatoms. The van der Waals surface area contributed by atoms with Crippen molar-refractivity contribution in [2.75, 3.05) is 13.7 Å². The molecule has 0 fully saturated rings. The average Bonchev–Trinajstić information content (AvgIpc) is 2.66. The number of benzene rings is 1. The normalized spacial score (nSPS) is 14.6. The number of carbonyl (C=O) groups excluding carboxylic acids is 1. The summed E-state index contributed by atoms with van der Waals surface area (Å²) in [7, 11) is 1.69. The summed E-state index contributed by atoms with van der Waals surface area (Å²) in [6.07, 6.45) is 0.893. The van der Waals surface area contributed by atoms with Gasteiger partial charge in [0, 0.05) is 41.2 Å². The third-order valence-corrected chi connectivity index (χ3v) is 4.35. The molecule has 2 aromatic rings. The van der Waals surface area contributed by atoms with Gasteiger partial charge in [0.1, 0.15) is 5.75 Å². The molecule has 0 unspecified atom stereocenters. The number of methoxy groups -OCH3 is 1. The summed E-state index contributed by atoms with van der Waals surface area (Å²) in [4.78, 5) is 17.8. The SMILES string of the molecule is COc1ccc2[nH]c(C)c3c2c1CN(C(=O)C(C)C)CC3. The van der Waals surface area contributed by atoms with Gasteiger partial charge in [-0.15, -0.1) is 0 Å². The van der Waals surface area contributed by atoms with Gasteiger partial charge in [0.2, 0.25) is 5.91 Å². The van der Waals surface area contributed by atoms with Crippen LogP contribution >= 0.6 is 0 Å². The number of nitrogens with one attached hydrogen (secondary N) is 1. The third kappa shape index (κ3) is 2.19. The van der Waals surface area contributed by atoms with E-state index in [9.17, 15) is 4.79 Å². The molecule has 0 saturated heterocycles. The molecule has 0 saturated carbocycles. The summed E-state index contributed by atoms with van der Waals surface area (Å²) < 4.78 is 5.53. The van der Waals surface area contributed by atoms with E-state index in [0.717, 1.165) is 29.8 Å². The number of nitrogens with zero attached hydrogens (tertiary/aromatic N) is 1. The van der Waals surface area contributed by atoms with Gasteiger partial charge in [0.15, 0.2) is 0 Å². The molecule has 3 rings (SSSR count). The molecule has 0 radical (unpaired) electrons. The molecule has 21 heavy (non-hydrogen) atoms. The monoisotopic (exact) mass is 286 g/mol. The first kappa shape index (κ1) is 14.0. The van der Waals surface area contributed by atoms with E-state index in [-0.39, 0.29) is 11.8 Å². The van der Waals surface area contributed by atoms with Crippen LogP contribution in [0.4, 0.5) is 0 Å². The topological polar surface area (TPSA) is 45.3 Å².